The number of halogens is 1. The van der Waals surface area contributed by atoms with E-state index in [1.165, 1.54) is 11.8 Å². The van der Waals surface area contributed by atoms with Crippen molar-refractivity contribution in [1.29, 1.82) is 0 Å². The molecule has 1 aromatic heterocycles. The summed E-state index contributed by atoms with van der Waals surface area (Å²) in [6.45, 7) is 6.31. The molecule has 5 nitrogen and oxygen atoms in total. The molecule has 0 aliphatic carbocycles. The van der Waals surface area contributed by atoms with Gasteiger partial charge in [-0.2, -0.15) is 0 Å². The Morgan fingerprint density at radius 3 is 2.83 bits per heavy atom. The number of nitrogens with one attached hydrogen (secondary N) is 1. The van der Waals surface area contributed by atoms with Gasteiger partial charge in [0, 0.05) is 17.1 Å². The van der Waals surface area contributed by atoms with Gasteiger partial charge in [0.25, 0.3) is 0 Å². The average molecular weight is 361 g/mol. The first-order valence-electron chi connectivity index (χ1n) is 7.24. The molecular weight excluding hydrogens is 344 g/mol. The largest absolute Gasteiger partial charge is 0.344 e. The third kappa shape index (κ3) is 4.40. The molecule has 2 aromatic rings. The summed E-state index contributed by atoms with van der Waals surface area (Å²) < 4.78 is 1.91. The van der Waals surface area contributed by atoms with E-state index in [4.69, 9.17) is 18.0 Å². The van der Waals surface area contributed by atoms with E-state index in [1.807, 2.05) is 16.7 Å². The molecule has 0 radical (unpaired) electrons. The lowest BCUT2D eigenvalue weighted by molar-refractivity contribution is -0.120. The number of hydrogen-bond donors (Lipinski definition) is 1. The zero-order chi connectivity index (χ0) is 17.5. The van der Waals surface area contributed by atoms with Crippen LogP contribution < -0.4 is 5.32 Å². The SMILES string of the molecule is C#CCNC(=O)C(C)Sc1nnc(-c2ccc(Cl)cc2)n1CC=C. The maximum atomic E-state index is 12.0. The van der Waals surface area contributed by atoms with Gasteiger partial charge in [-0.1, -0.05) is 35.4 Å². The van der Waals surface area contributed by atoms with Crippen molar-refractivity contribution in [2.24, 2.45) is 0 Å². The number of allylic oxidation sites excluding steroid dienone is 1. The number of terminal acetylenes is 1. The van der Waals surface area contributed by atoms with Crippen molar-refractivity contribution in [3.63, 3.8) is 0 Å². The Morgan fingerprint density at radius 1 is 1.50 bits per heavy atom. The Kier molecular flexibility index (Phi) is 6.47. The number of carbonyl (C=O) groups excluding carboxylic acids is 1. The molecule has 0 saturated heterocycles. The highest BCUT2D eigenvalue weighted by Gasteiger charge is 2.20. The van der Waals surface area contributed by atoms with Gasteiger partial charge in [-0.25, -0.2) is 0 Å². The standard InChI is InChI=1S/C17H17ClN4OS/c1-4-10-19-16(23)12(3)24-17-21-20-15(22(17)11-5-2)13-6-8-14(18)9-7-13/h1,5-9,12H,2,10-11H2,3H3,(H,19,23). The van der Waals surface area contributed by atoms with Gasteiger partial charge in [-0.15, -0.1) is 23.2 Å². The second kappa shape index (κ2) is 8.57. The van der Waals surface area contributed by atoms with Crippen molar-refractivity contribution in [1.82, 2.24) is 20.1 Å². The van der Waals surface area contributed by atoms with Crippen molar-refractivity contribution >= 4 is 29.3 Å². The van der Waals surface area contributed by atoms with Gasteiger partial charge in [0.1, 0.15) is 0 Å². The van der Waals surface area contributed by atoms with Crippen LogP contribution in [0.3, 0.4) is 0 Å². The number of rotatable bonds is 7. The van der Waals surface area contributed by atoms with E-state index in [9.17, 15) is 4.79 Å². The second-order valence-electron chi connectivity index (χ2n) is 4.89. The lowest BCUT2D eigenvalue weighted by Gasteiger charge is -2.12. The van der Waals surface area contributed by atoms with Crippen LogP contribution in [0.4, 0.5) is 0 Å². The second-order valence-corrected chi connectivity index (χ2v) is 6.64. The summed E-state index contributed by atoms with van der Waals surface area (Å²) >= 11 is 7.25. The highest BCUT2D eigenvalue weighted by Crippen LogP contribution is 2.27. The highest BCUT2D eigenvalue weighted by atomic mass is 35.5. The summed E-state index contributed by atoms with van der Waals surface area (Å²) in [4.78, 5) is 12.0. The van der Waals surface area contributed by atoms with Gasteiger partial charge in [0.2, 0.25) is 5.91 Å². The van der Waals surface area contributed by atoms with E-state index in [0.717, 1.165) is 5.56 Å². The van der Waals surface area contributed by atoms with E-state index >= 15 is 0 Å². The van der Waals surface area contributed by atoms with Gasteiger partial charge in [-0.3, -0.25) is 9.36 Å². The van der Waals surface area contributed by atoms with Crippen LogP contribution in [0.2, 0.25) is 5.02 Å². The quantitative estimate of drug-likeness (QED) is 0.468. The number of aromatic nitrogens is 3. The number of thioether (sulfide) groups is 1. The molecule has 7 heteroatoms. The normalized spacial score (nSPS) is 11.5. The van der Waals surface area contributed by atoms with Crippen molar-refractivity contribution in [3.8, 4) is 23.7 Å². The van der Waals surface area contributed by atoms with Gasteiger partial charge in [0.15, 0.2) is 11.0 Å². The smallest absolute Gasteiger partial charge is 0.234 e. The van der Waals surface area contributed by atoms with E-state index < -0.39 is 0 Å². The van der Waals surface area contributed by atoms with Crippen LogP contribution in [-0.2, 0) is 11.3 Å². The lowest BCUT2D eigenvalue weighted by Crippen LogP contribution is -2.31. The van der Waals surface area contributed by atoms with Crippen molar-refractivity contribution in [3.05, 3.63) is 41.9 Å². The van der Waals surface area contributed by atoms with E-state index in [-0.39, 0.29) is 17.7 Å². The van der Waals surface area contributed by atoms with E-state index in [2.05, 4.69) is 28.0 Å². The first kappa shape index (κ1) is 18.1. The molecule has 2 rings (SSSR count). The Balaban J connectivity index is 2.25. The molecule has 1 amide bonds. The fourth-order valence-corrected chi connectivity index (χ4v) is 2.98. The Hall–Kier alpha value is -2.23. The van der Waals surface area contributed by atoms with E-state index in [0.29, 0.717) is 22.5 Å². The predicted molar refractivity (Wildman–Crippen MR) is 97.8 cm³/mol. The minimum Gasteiger partial charge on any atom is -0.344 e. The van der Waals surface area contributed by atoms with Crippen LogP contribution in [0.1, 0.15) is 6.92 Å². The summed E-state index contributed by atoms with van der Waals surface area (Å²) in [5, 5.41) is 12.1. The first-order valence-corrected chi connectivity index (χ1v) is 8.50. The number of carbonyl (C=O) groups is 1. The van der Waals surface area contributed by atoms with Gasteiger partial charge < -0.3 is 5.32 Å². The molecular formula is C17H17ClN4OS. The molecule has 0 aliphatic rings. The molecule has 24 heavy (non-hydrogen) atoms. The topological polar surface area (TPSA) is 59.8 Å². The Labute approximate surface area is 150 Å². The van der Waals surface area contributed by atoms with Crippen molar-refractivity contribution in [2.45, 2.75) is 23.9 Å². The third-order valence-electron chi connectivity index (χ3n) is 3.15. The van der Waals surface area contributed by atoms with Crippen LogP contribution in [0.25, 0.3) is 11.4 Å². The lowest BCUT2D eigenvalue weighted by atomic mass is 10.2. The zero-order valence-electron chi connectivity index (χ0n) is 13.2. The zero-order valence-corrected chi connectivity index (χ0v) is 14.8. The summed E-state index contributed by atoms with van der Waals surface area (Å²) in [6, 6.07) is 7.35. The van der Waals surface area contributed by atoms with Crippen LogP contribution in [0.15, 0.2) is 42.1 Å². The molecule has 1 aromatic carbocycles. The third-order valence-corrected chi connectivity index (χ3v) is 4.48. The molecule has 0 saturated carbocycles. The van der Waals surface area contributed by atoms with Crippen LogP contribution in [0.5, 0.6) is 0 Å². The fourth-order valence-electron chi connectivity index (χ4n) is 1.98. The van der Waals surface area contributed by atoms with Gasteiger partial charge >= 0.3 is 0 Å². The van der Waals surface area contributed by atoms with Crippen LogP contribution >= 0.6 is 23.4 Å². The van der Waals surface area contributed by atoms with Crippen molar-refractivity contribution < 1.29 is 4.79 Å². The first-order chi connectivity index (χ1) is 11.6. The van der Waals surface area contributed by atoms with Gasteiger partial charge in [-0.05, 0) is 31.2 Å². The minimum atomic E-state index is -0.343. The number of amides is 1. The fraction of sp³-hybridized carbons (Fsp3) is 0.235. The molecule has 1 N–H and O–H groups in total. The van der Waals surface area contributed by atoms with Crippen LogP contribution in [-0.4, -0.2) is 32.5 Å². The number of benzene rings is 1. The number of hydrogen-bond acceptors (Lipinski definition) is 4. The maximum Gasteiger partial charge on any atom is 0.234 e. The minimum absolute atomic E-state index is 0.140. The molecule has 1 unspecified atom stereocenters. The van der Waals surface area contributed by atoms with Crippen LogP contribution in [0, 0.1) is 12.3 Å². The predicted octanol–water partition coefficient (Wildman–Crippen LogP) is 3.01. The highest BCUT2D eigenvalue weighted by molar-refractivity contribution is 8.00. The summed E-state index contributed by atoms with van der Waals surface area (Å²) in [5.74, 6) is 2.94. The summed E-state index contributed by atoms with van der Waals surface area (Å²) in [5.41, 5.74) is 0.894. The molecule has 0 fully saturated rings. The van der Waals surface area contributed by atoms with E-state index in [1.54, 1.807) is 25.1 Å². The molecule has 0 aliphatic heterocycles. The average Bonchev–Trinajstić information content (AvgIpc) is 2.96. The molecule has 1 atom stereocenters. The molecule has 124 valence electrons. The van der Waals surface area contributed by atoms with Gasteiger partial charge in [0.05, 0.1) is 11.8 Å². The summed E-state index contributed by atoms with van der Waals surface area (Å²) in [7, 11) is 0. The monoisotopic (exact) mass is 360 g/mol. The molecule has 1 heterocycles. The Morgan fingerprint density at radius 2 is 2.21 bits per heavy atom. The maximum absolute atomic E-state index is 12.0. The molecule has 0 spiro atoms. The number of nitrogens with zero attached hydrogens (tertiary/aromatic N) is 3. The Bertz CT molecular complexity index is 764. The van der Waals surface area contributed by atoms with Crippen molar-refractivity contribution in [2.75, 3.05) is 6.54 Å². The summed E-state index contributed by atoms with van der Waals surface area (Å²) in [6.07, 6.45) is 6.91. The molecule has 0 bridgehead atoms.